The molecule has 3 N–H and O–H groups in total. The van der Waals surface area contributed by atoms with Crippen molar-refractivity contribution in [3.8, 4) is 0 Å². The summed E-state index contributed by atoms with van der Waals surface area (Å²) in [5.74, 6) is 1.97. The van der Waals surface area contributed by atoms with Crippen LogP contribution in [0.1, 0.15) is 11.1 Å². The van der Waals surface area contributed by atoms with Gasteiger partial charge in [0, 0.05) is 43.4 Å². The van der Waals surface area contributed by atoms with Gasteiger partial charge in [-0.3, -0.25) is 4.79 Å². The number of carbonyl (C=O) groups excluding carboxylic acids is 1. The predicted molar refractivity (Wildman–Crippen MR) is 122 cm³/mol. The number of anilines is 3. The summed E-state index contributed by atoms with van der Waals surface area (Å²) < 4.78 is 2.05. The van der Waals surface area contributed by atoms with Gasteiger partial charge in [-0.15, -0.1) is 10.2 Å². The highest BCUT2D eigenvalue weighted by Crippen LogP contribution is 2.20. The summed E-state index contributed by atoms with van der Waals surface area (Å²) in [5, 5.41) is 18.6. The maximum Gasteiger partial charge on any atom is 0.224 e. The third kappa shape index (κ3) is 5.16. The molecule has 4 aromatic rings. The van der Waals surface area contributed by atoms with E-state index in [1.54, 1.807) is 6.20 Å². The van der Waals surface area contributed by atoms with E-state index in [1.165, 1.54) is 0 Å². The number of pyridine rings is 1. The zero-order valence-corrected chi connectivity index (χ0v) is 17.6. The van der Waals surface area contributed by atoms with E-state index in [2.05, 4.69) is 37.2 Å². The standard InChI is InChI=1S/C23H25N7O/c1-16-7-8-20(26-14-16)27-22-10-9-21(28-29-22)24-11-12-25-23(31)13-17-15-30(2)19-6-4-3-5-18(17)19/h3-10,14-15H,11-13H2,1-2H3,(H,24,28)(H,25,31)(H,26,27,29). The fourth-order valence-electron chi connectivity index (χ4n) is 3.36. The molecular weight excluding hydrogens is 390 g/mol. The number of nitrogens with zero attached hydrogens (tertiary/aromatic N) is 4. The van der Waals surface area contributed by atoms with Gasteiger partial charge in [0.1, 0.15) is 11.6 Å². The Balaban J connectivity index is 1.22. The fourth-order valence-corrected chi connectivity index (χ4v) is 3.36. The highest BCUT2D eigenvalue weighted by molar-refractivity contribution is 5.89. The molecule has 0 radical (unpaired) electrons. The van der Waals surface area contributed by atoms with Crippen molar-refractivity contribution in [3.05, 3.63) is 72.1 Å². The maximum absolute atomic E-state index is 12.3. The lowest BCUT2D eigenvalue weighted by Gasteiger charge is -2.08. The summed E-state index contributed by atoms with van der Waals surface area (Å²) >= 11 is 0. The first-order valence-electron chi connectivity index (χ1n) is 10.2. The van der Waals surface area contributed by atoms with Crippen molar-refractivity contribution in [1.82, 2.24) is 25.1 Å². The molecule has 158 valence electrons. The Hall–Kier alpha value is -3.94. The van der Waals surface area contributed by atoms with Crippen molar-refractivity contribution >= 4 is 34.3 Å². The number of amides is 1. The van der Waals surface area contributed by atoms with Crippen LogP contribution in [-0.2, 0) is 18.3 Å². The Morgan fingerprint density at radius 3 is 2.52 bits per heavy atom. The number of carbonyl (C=O) groups is 1. The van der Waals surface area contributed by atoms with Crippen LogP contribution in [0.4, 0.5) is 17.5 Å². The van der Waals surface area contributed by atoms with E-state index in [9.17, 15) is 4.79 Å². The van der Waals surface area contributed by atoms with Crippen LogP contribution >= 0.6 is 0 Å². The molecule has 0 atom stereocenters. The Morgan fingerprint density at radius 2 is 1.74 bits per heavy atom. The molecule has 0 saturated heterocycles. The summed E-state index contributed by atoms with van der Waals surface area (Å²) in [5.41, 5.74) is 3.25. The Kier molecular flexibility index (Phi) is 6.07. The molecule has 1 amide bonds. The van der Waals surface area contributed by atoms with Crippen LogP contribution in [0.3, 0.4) is 0 Å². The van der Waals surface area contributed by atoms with Gasteiger partial charge < -0.3 is 20.5 Å². The monoisotopic (exact) mass is 415 g/mol. The molecule has 31 heavy (non-hydrogen) atoms. The molecule has 0 aliphatic carbocycles. The van der Waals surface area contributed by atoms with E-state index in [1.807, 2.05) is 67.2 Å². The molecule has 8 heteroatoms. The number of aromatic nitrogens is 4. The maximum atomic E-state index is 12.3. The number of benzene rings is 1. The lowest BCUT2D eigenvalue weighted by Crippen LogP contribution is -2.30. The van der Waals surface area contributed by atoms with E-state index < -0.39 is 0 Å². The Labute approximate surface area is 180 Å². The molecule has 8 nitrogen and oxygen atoms in total. The second kappa shape index (κ2) is 9.25. The normalized spacial score (nSPS) is 10.8. The minimum atomic E-state index is -0.00520. The van der Waals surface area contributed by atoms with Gasteiger partial charge in [0.05, 0.1) is 6.42 Å². The quantitative estimate of drug-likeness (QED) is 0.383. The van der Waals surface area contributed by atoms with Crippen LogP contribution in [0.15, 0.2) is 60.9 Å². The number of hydrogen-bond donors (Lipinski definition) is 3. The molecule has 4 rings (SSSR count). The number of rotatable bonds is 8. The van der Waals surface area contributed by atoms with Crippen LogP contribution in [0, 0.1) is 6.92 Å². The second-order valence-corrected chi connectivity index (χ2v) is 7.39. The van der Waals surface area contributed by atoms with Crippen LogP contribution in [0.2, 0.25) is 0 Å². The molecule has 0 bridgehead atoms. The average Bonchev–Trinajstić information content (AvgIpc) is 3.09. The topological polar surface area (TPSA) is 96.8 Å². The number of nitrogens with one attached hydrogen (secondary N) is 3. The van der Waals surface area contributed by atoms with E-state index >= 15 is 0 Å². The SMILES string of the molecule is Cc1ccc(Nc2ccc(NCCNC(=O)Cc3cn(C)c4ccccc34)nn2)nc1. The van der Waals surface area contributed by atoms with E-state index in [0.29, 0.717) is 31.1 Å². The van der Waals surface area contributed by atoms with Gasteiger partial charge in [0.15, 0.2) is 5.82 Å². The third-order valence-electron chi connectivity index (χ3n) is 4.92. The zero-order chi connectivity index (χ0) is 21.6. The first kappa shape index (κ1) is 20.3. The first-order valence-corrected chi connectivity index (χ1v) is 10.2. The zero-order valence-electron chi connectivity index (χ0n) is 17.6. The number of fused-ring (bicyclic) bond motifs is 1. The molecule has 3 heterocycles. The summed E-state index contributed by atoms with van der Waals surface area (Å²) in [6.45, 7) is 3.05. The highest BCUT2D eigenvalue weighted by Gasteiger charge is 2.10. The molecule has 0 fully saturated rings. The molecule has 0 unspecified atom stereocenters. The van der Waals surface area contributed by atoms with E-state index in [4.69, 9.17) is 0 Å². The molecule has 1 aromatic carbocycles. The lowest BCUT2D eigenvalue weighted by atomic mass is 10.1. The van der Waals surface area contributed by atoms with Crippen molar-refractivity contribution in [2.75, 3.05) is 23.7 Å². The van der Waals surface area contributed by atoms with Gasteiger partial charge in [-0.25, -0.2) is 4.98 Å². The van der Waals surface area contributed by atoms with Gasteiger partial charge >= 0.3 is 0 Å². The van der Waals surface area contributed by atoms with Crippen molar-refractivity contribution in [1.29, 1.82) is 0 Å². The van der Waals surface area contributed by atoms with Crippen LogP contribution < -0.4 is 16.0 Å². The molecular formula is C23H25N7O. The molecule has 0 saturated carbocycles. The number of hydrogen-bond acceptors (Lipinski definition) is 6. The van der Waals surface area contributed by atoms with Gasteiger partial charge in [-0.1, -0.05) is 24.3 Å². The molecule has 0 spiro atoms. The first-order chi connectivity index (χ1) is 15.1. The smallest absolute Gasteiger partial charge is 0.224 e. The van der Waals surface area contributed by atoms with Crippen molar-refractivity contribution in [3.63, 3.8) is 0 Å². The summed E-state index contributed by atoms with van der Waals surface area (Å²) in [6.07, 6.45) is 4.16. The van der Waals surface area contributed by atoms with E-state index in [0.717, 1.165) is 27.8 Å². The van der Waals surface area contributed by atoms with Gasteiger partial charge in [-0.05, 0) is 42.3 Å². The number of aryl methyl sites for hydroxylation is 2. The average molecular weight is 416 g/mol. The van der Waals surface area contributed by atoms with Gasteiger partial charge in [0.2, 0.25) is 5.91 Å². The third-order valence-corrected chi connectivity index (χ3v) is 4.92. The molecule has 0 aliphatic heterocycles. The summed E-state index contributed by atoms with van der Waals surface area (Å²) in [4.78, 5) is 16.6. The Morgan fingerprint density at radius 1 is 0.968 bits per heavy atom. The van der Waals surface area contributed by atoms with Crippen molar-refractivity contribution in [2.45, 2.75) is 13.3 Å². The van der Waals surface area contributed by atoms with Crippen LogP contribution in [0.5, 0.6) is 0 Å². The predicted octanol–water partition coefficient (Wildman–Crippen LogP) is 3.19. The lowest BCUT2D eigenvalue weighted by molar-refractivity contribution is -0.120. The molecule has 0 aliphatic rings. The molecule has 3 aromatic heterocycles. The van der Waals surface area contributed by atoms with Crippen LogP contribution in [0.25, 0.3) is 10.9 Å². The Bertz CT molecular complexity index is 1170. The van der Waals surface area contributed by atoms with Gasteiger partial charge in [-0.2, -0.15) is 0 Å². The summed E-state index contributed by atoms with van der Waals surface area (Å²) in [7, 11) is 1.99. The minimum Gasteiger partial charge on any atom is -0.367 e. The number of para-hydroxylation sites is 1. The van der Waals surface area contributed by atoms with Crippen molar-refractivity contribution in [2.24, 2.45) is 7.05 Å². The van der Waals surface area contributed by atoms with Crippen LogP contribution in [-0.4, -0.2) is 38.7 Å². The highest BCUT2D eigenvalue weighted by atomic mass is 16.1. The van der Waals surface area contributed by atoms with E-state index in [-0.39, 0.29) is 5.91 Å². The minimum absolute atomic E-state index is 0.00520. The fraction of sp³-hybridized carbons (Fsp3) is 0.217. The largest absolute Gasteiger partial charge is 0.367 e. The van der Waals surface area contributed by atoms with Gasteiger partial charge in [0.25, 0.3) is 0 Å². The summed E-state index contributed by atoms with van der Waals surface area (Å²) in [6, 6.07) is 15.6. The van der Waals surface area contributed by atoms with Crippen molar-refractivity contribution < 1.29 is 4.79 Å². The second-order valence-electron chi connectivity index (χ2n) is 7.39.